The van der Waals surface area contributed by atoms with Crippen LogP contribution in [0.1, 0.15) is 58.8 Å². The quantitative estimate of drug-likeness (QED) is 0.105. The van der Waals surface area contributed by atoms with Gasteiger partial charge in [0.15, 0.2) is 11.5 Å². The van der Waals surface area contributed by atoms with Crippen LogP contribution in [0.5, 0.6) is 0 Å². The molecule has 0 amide bonds. The molecule has 5 N–H and O–H groups in total. The molecule has 0 spiro atoms. The van der Waals surface area contributed by atoms with Crippen LogP contribution in [0.25, 0.3) is 28.2 Å². The molecule has 0 aliphatic carbocycles. The topological polar surface area (TPSA) is 183 Å². The molecule has 4 aromatic heterocycles. The molecule has 1 aliphatic rings. The number of fused-ring (bicyclic) bond motifs is 1. The predicted molar refractivity (Wildman–Crippen MR) is 193 cm³/mol. The number of rotatable bonds is 9. The fourth-order valence-electron chi connectivity index (χ4n) is 5.19. The van der Waals surface area contributed by atoms with Crippen LogP contribution in [0, 0.1) is 16.7 Å². The summed E-state index contributed by atoms with van der Waals surface area (Å²) in [6, 6.07) is 19.9. The van der Waals surface area contributed by atoms with Gasteiger partial charge >= 0.3 is 0 Å². The minimum atomic E-state index is 0.173. The molecule has 6 rings (SSSR count). The van der Waals surface area contributed by atoms with E-state index in [-0.39, 0.29) is 5.82 Å². The molecular formula is C35H43N13. The average molecular weight is 646 g/mol. The molecule has 0 radical (unpaired) electrons. The second kappa shape index (κ2) is 17.3. The van der Waals surface area contributed by atoms with E-state index in [9.17, 15) is 0 Å². The Balaban J connectivity index is 0.00000125. The van der Waals surface area contributed by atoms with Crippen molar-refractivity contribution in [2.45, 2.75) is 60.0 Å². The largest absolute Gasteiger partial charge is 0.383 e. The Kier molecular flexibility index (Phi) is 12.6. The smallest absolute Gasteiger partial charge is 0.234 e. The molecular weight excluding hydrogens is 602 g/mol. The van der Waals surface area contributed by atoms with E-state index in [0.29, 0.717) is 51.8 Å². The normalized spacial score (nSPS) is 13.2. The number of nitrogens with two attached hydrogens (primary N) is 1. The molecule has 248 valence electrons. The number of anilines is 3. The van der Waals surface area contributed by atoms with Crippen LogP contribution in [-0.4, -0.2) is 65.4 Å². The first kappa shape index (κ1) is 35.1. The summed E-state index contributed by atoms with van der Waals surface area (Å²) in [6.45, 7) is 12.4. The van der Waals surface area contributed by atoms with Crippen molar-refractivity contribution in [2.75, 3.05) is 29.6 Å². The highest BCUT2D eigenvalue weighted by Gasteiger charge is 2.21. The number of nitrogens with one attached hydrogen (secondary N) is 3. The van der Waals surface area contributed by atoms with E-state index in [4.69, 9.17) is 26.4 Å². The molecule has 0 atom stereocenters. The molecule has 1 fully saturated rings. The Bertz CT molecular complexity index is 1860. The molecule has 1 saturated heterocycles. The predicted octanol–water partition coefficient (Wildman–Crippen LogP) is 6.29. The third-order valence-electron chi connectivity index (χ3n) is 7.32. The van der Waals surface area contributed by atoms with Crippen molar-refractivity contribution >= 4 is 40.5 Å². The number of hydrazone groups is 1. The van der Waals surface area contributed by atoms with Crippen molar-refractivity contribution in [2.24, 2.45) is 5.10 Å². The number of piperidine rings is 1. The summed E-state index contributed by atoms with van der Waals surface area (Å²) in [5.74, 6) is 2.42. The number of aromatic nitrogens is 6. The Morgan fingerprint density at radius 2 is 1.73 bits per heavy atom. The maximum Gasteiger partial charge on any atom is 0.234 e. The molecule has 13 heteroatoms. The first-order valence-corrected chi connectivity index (χ1v) is 16.2. The zero-order valence-electron chi connectivity index (χ0n) is 28.1. The minimum absolute atomic E-state index is 0.173. The molecule has 5 aromatic rings. The van der Waals surface area contributed by atoms with Gasteiger partial charge < -0.3 is 16.5 Å². The summed E-state index contributed by atoms with van der Waals surface area (Å²) in [4.78, 5) is 24.6. The highest BCUT2D eigenvalue weighted by Crippen LogP contribution is 2.31. The fraction of sp³-hybridized carbons (Fsp3) is 0.314. The number of nitriles is 1. The van der Waals surface area contributed by atoms with Crippen molar-refractivity contribution < 1.29 is 0 Å². The van der Waals surface area contributed by atoms with Crippen LogP contribution < -0.4 is 16.5 Å². The highest BCUT2D eigenvalue weighted by atomic mass is 15.3. The van der Waals surface area contributed by atoms with E-state index < -0.39 is 0 Å². The number of benzene rings is 1. The Morgan fingerprint density at radius 1 is 0.979 bits per heavy atom. The molecule has 48 heavy (non-hydrogen) atoms. The van der Waals surface area contributed by atoms with Crippen molar-refractivity contribution in [3.8, 4) is 23.1 Å². The van der Waals surface area contributed by atoms with Crippen LogP contribution in [-0.2, 0) is 6.54 Å². The van der Waals surface area contributed by atoms with Crippen LogP contribution in [0.2, 0.25) is 0 Å². The van der Waals surface area contributed by atoms with Crippen LogP contribution in [0.4, 0.5) is 17.5 Å². The third kappa shape index (κ3) is 8.74. The summed E-state index contributed by atoms with van der Waals surface area (Å²) >= 11 is 0. The Morgan fingerprint density at radius 3 is 2.42 bits per heavy atom. The summed E-state index contributed by atoms with van der Waals surface area (Å²) in [5.41, 5.74) is 13.6. The standard InChI is InChI=1S/C31H31N13.2C2H6/c1-20(33)18-37-42-27-9-8-25-31(41-27)44(30(39-25)24-3-2-13-36-29(24)34)23-6-4-21(5-7-23)19-43-15-11-22(12-16-43)38-26-10-14-35-28(17-32)40-26;2*1-2/h2-10,13-14,18,22,33H,11-12,15-16,19H2,1H3,(H2,34,36)(H,41,42)(H,35,38,40);2*1-2H3/b33-20?,37-18-;;. The van der Waals surface area contributed by atoms with Crippen LogP contribution in [0.3, 0.4) is 0 Å². The lowest BCUT2D eigenvalue weighted by atomic mass is 10.0. The number of nitrogen functional groups attached to an aromatic ring is 1. The molecule has 5 heterocycles. The van der Waals surface area contributed by atoms with Crippen molar-refractivity contribution in [1.29, 1.82) is 10.7 Å². The van der Waals surface area contributed by atoms with Gasteiger partial charge in [-0.05, 0) is 67.8 Å². The molecule has 0 bridgehead atoms. The lowest BCUT2D eigenvalue weighted by Crippen LogP contribution is -2.38. The molecule has 0 saturated carbocycles. The molecule has 1 aromatic carbocycles. The zero-order chi connectivity index (χ0) is 34.5. The third-order valence-corrected chi connectivity index (χ3v) is 7.32. The number of pyridine rings is 2. The van der Waals surface area contributed by atoms with Crippen molar-refractivity contribution in [3.05, 3.63) is 78.4 Å². The SMILES string of the molecule is CC.CC.CC(=N)/C=N\Nc1ccc2nc(-c3cccnc3N)n(-c3ccc(CN4CCC(Nc5ccnc(C#N)n5)CC4)cc3)c2n1. The van der Waals surface area contributed by atoms with Crippen molar-refractivity contribution in [3.63, 3.8) is 0 Å². The van der Waals surface area contributed by atoms with Gasteiger partial charge in [0.1, 0.15) is 29.0 Å². The van der Waals surface area contributed by atoms with E-state index in [1.807, 2.05) is 56.5 Å². The van der Waals surface area contributed by atoms with E-state index >= 15 is 0 Å². The van der Waals surface area contributed by atoms with E-state index in [2.05, 4.69) is 60.0 Å². The lowest BCUT2D eigenvalue weighted by Gasteiger charge is -2.32. The molecule has 13 nitrogen and oxygen atoms in total. The van der Waals surface area contributed by atoms with Crippen molar-refractivity contribution in [1.82, 2.24) is 34.4 Å². The number of likely N-dealkylation sites (tertiary alicyclic amines) is 1. The highest BCUT2D eigenvalue weighted by molar-refractivity contribution is 6.27. The van der Waals surface area contributed by atoms with Gasteiger partial charge in [0.25, 0.3) is 0 Å². The summed E-state index contributed by atoms with van der Waals surface area (Å²) in [6.07, 6.45) is 6.64. The van der Waals surface area contributed by atoms with Gasteiger partial charge in [0, 0.05) is 49.5 Å². The number of hydrogen-bond donors (Lipinski definition) is 4. The van der Waals surface area contributed by atoms with Gasteiger partial charge in [0.2, 0.25) is 5.82 Å². The maximum absolute atomic E-state index is 9.05. The summed E-state index contributed by atoms with van der Waals surface area (Å²) in [5, 5.41) is 24.1. The fourth-order valence-corrected chi connectivity index (χ4v) is 5.19. The van der Waals surface area contributed by atoms with Crippen LogP contribution in [0.15, 0.2) is 72.1 Å². The number of nitrogens with zero attached hydrogens (tertiary/aromatic N) is 9. The molecule has 1 aliphatic heterocycles. The van der Waals surface area contributed by atoms with Gasteiger partial charge in [-0.3, -0.25) is 14.9 Å². The lowest BCUT2D eigenvalue weighted by molar-refractivity contribution is 0.211. The average Bonchev–Trinajstić information content (AvgIpc) is 3.50. The second-order valence-electron chi connectivity index (χ2n) is 10.5. The first-order chi connectivity index (χ1) is 23.5. The zero-order valence-corrected chi connectivity index (χ0v) is 28.1. The summed E-state index contributed by atoms with van der Waals surface area (Å²) in [7, 11) is 0. The van der Waals surface area contributed by atoms with E-state index in [0.717, 1.165) is 38.2 Å². The van der Waals surface area contributed by atoms with Gasteiger partial charge in [-0.2, -0.15) is 10.4 Å². The van der Waals surface area contributed by atoms with E-state index in [1.54, 1.807) is 31.5 Å². The van der Waals surface area contributed by atoms with Gasteiger partial charge in [-0.15, -0.1) is 0 Å². The number of hydrogen-bond acceptors (Lipinski definition) is 12. The first-order valence-electron chi connectivity index (χ1n) is 16.2. The Hall–Kier alpha value is -5.74. The minimum Gasteiger partial charge on any atom is -0.383 e. The van der Waals surface area contributed by atoms with Crippen LogP contribution >= 0.6 is 0 Å². The summed E-state index contributed by atoms with van der Waals surface area (Å²) < 4.78 is 1.98. The monoisotopic (exact) mass is 645 g/mol. The molecule has 0 unspecified atom stereocenters. The van der Waals surface area contributed by atoms with Gasteiger partial charge in [-0.25, -0.2) is 24.9 Å². The Labute approximate surface area is 281 Å². The number of imidazole rings is 1. The van der Waals surface area contributed by atoms with Gasteiger partial charge in [0.05, 0.1) is 11.8 Å². The van der Waals surface area contributed by atoms with E-state index in [1.165, 1.54) is 11.8 Å². The van der Waals surface area contributed by atoms with Gasteiger partial charge in [-0.1, -0.05) is 39.8 Å². The maximum atomic E-state index is 9.05. The second-order valence-corrected chi connectivity index (χ2v) is 10.5.